The van der Waals surface area contributed by atoms with Crippen LogP contribution in [0.4, 0.5) is 0 Å². The van der Waals surface area contributed by atoms with E-state index in [-0.39, 0.29) is 0 Å². The molecule has 0 saturated heterocycles. The van der Waals surface area contributed by atoms with Crippen molar-refractivity contribution >= 4 is 21.6 Å². The van der Waals surface area contributed by atoms with Crippen molar-refractivity contribution in [2.45, 2.75) is 12.5 Å². The van der Waals surface area contributed by atoms with E-state index >= 15 is 0 Å². The lowest BCUT2D eigenvalue weighted by Crippen LogP contribution is -2.30. The van der Waals surface area contributed by atoms with Gasteiger partial charge in [0, 0.05) is 35.5 Å². The van der Waals surface area contributed by atoms with Crippen LogP contribution in [0.15, 0.2) is 48.7 Å². The van der Waals surface area contributed by atoms with E-state index in [1.165, 1.54) is 21.4 Å². The number of thiophene rings is 1. The molecule has 3 aromatic rings. The highest BCUT2D eigenvalue weighted by Gasteiger charge is 2.25. The zero-order valence-corrected chi connectivity index (χ0v) is 12.2. The molecule has 0 N–H and O–H groups in total. The molecule has 4 rings (SSSR count). The molecule has 1 unspecified atom stereocenters. The van der Waals surface area contributed by atoms with Gasteiger partial charge in [0.1, 0.15) is 4.83 Å². The summed E-state index contributed by atoms with van der Waals surface area (Å²) < 4.78 is 0. The van der Waals surface area contributed by atoms with Crippen LogP contribution in [0.25, 0.3) is 10.2 Å². The maximum Gasteiger partial charge on any atom is 0.123 e. The van der Waals surface area contributed by atoms with Crippen LogP contribution in [0.5, 0.6) is 0 Å². The first-order valence-corrected chi connectivity index (χ1v) is 7.74. The summed E-state index contributed by atoms with van der Waals surface area (Å²) in [6.07, 6.45) is 1.88. The summed E-state index contributed by atoms with van der Waals surface area (Å²) in [4.78, 5) is 9.46. The normalized spacial score (nSPS) is 19.1. The number of hydrogen-bond acceptors (Lipinski definition) is 3. The van der Waals surface area contributed by atoms with E-state index in [0.29, 0.717) is 5.92 Å². The van der Waals surface area contributed by atoms with E-state index < -0.39 is 0 Å². The Bertz CT molecular complexity index is 729. The number of benzene rings is 1. The van der Waals surface area contributed by atoms with Gasteiger partial charge in [-0.3, -0.25) is 0 Å². The first-order valence-electron chi connectivity index (χ1n) is 6.92. The van der Waals surface area contributed by atoms with Gasteiger partial charge in [-0.25, -0.2) is 4.98 Å². The monoisotopic (exact) mass is 280 g/mol. The molecule has 0 saturated carbocycles. The second-order valence-corrected chi connectivity index (χ2v) is 6.56. The second kappa shape index (κ2) is 4.69. The summed E-state index contributed by atoms with van der Waals surface area (Å²) >= 11 is 1.83. The van der Waals surface area contributed by atoms with Gasteiger partial charge in [0.2, 0.25) is 0 Å². The van der Waals surface area contributed by atoms with Crippen molar-refractivity contribution in [3.63, 3.8) is 0 Å². The average Bonchev–Trinajstić information content (AvgIpc) is 2.90. The van der Waals surface area contributed by atoms with Crippen LogP contribution in [-0.2, 0) is 6.54 Å². The SMILES string of the molecule is CN1Cc2ccccc2C(c2cc3cccnc3s2)C1. The molecular formula is C17H16N2S. The van der Waals surface area contributed by atoms with E-state index in [4.69, 9.17) is 0 Å². The highest BCUT2D eigenvalue weighted by molar-refractivity contribution is 7.18. The Labute approximate surface area is 122 Å². The van der Waals surface area contributed by atoms with Crippen molar-refractivity contribution < 1.29 is 0 Å². The van der Waals surface area contributed by atoms with Gasteiger partial charge in [-0.2, -0.15) is 0 Å². The van der Waals surface area contributed by atoms with Gasteiger partial charge in [-0.15, -0.1) is 11.3 Å². The van der Waals surface area contributed by atoms with E-state index in [1.54, 1.807) is 0 Å². The molecule has 3 heterocycles. The van der Waals surface area contributed by atoms with Gasteiger partial charge in [-0.05, 0) is 30.3 Å². The molecule has 3 heteroatoms. The zero-order valence-electron chi connectivity index (χ0n) is 11.4. The van der Waals surface area contributed by atoms with Gasteiger partial charge in [0.15, 0.2) is 0 Å². The molecule has 0 fully saturated rings. The topological polar surface area (TPSA) is 16.1 Å². The number of pyridine rings is 1. The summed E-state index contributed by atoms with van der Waals surface area (Å²) in [6.45, 7) is 2.14. The Morgan fingerprint density at radius 1 is 1.20 bits per heavy atom. The fourth-order valence-corrected chi connectivity index (χ4v) is 4.20. The molecule has 0 spiro atoms. The maximum atomic E-state index is 4.48. The second-order valence-electron chi connectivity index (χ2n) is 5.49. The van der Waals surface area contributed by atoms with Crippen LogP contribution in [0, 0.1) is 0 Å². The standard InChI is InChI=1S/C17H16N2S/c1-19-10-13-5-2-3-7-14(13)15(11-19)16-9-12-6-4-8-18-17(12)20-16/h2-9,15H,10-11H2,1H3. The van der Waals surface area contributed by atoms with Crippen LogP contribution in [0.2, 0.25) is 0 Å². The lowest BCUT2D eigenvalue weighted by atomic mass is 9.89. The lowest BCUT2D eigenvalue weighted by molar-refractivity contribution is 0.296. The number of aromatic nitrogens is 1. The lowest BCUT2D eigenvalue weighted by Gasteiger charge is -2.31. The summed E-state index contributed by atoms with van der Waals surface area (Å²) in [5.74, 6) is 0.476. The van der Waals surface area contributed by atoms with Crippen LogP contribution in [0.1, 0.15) is 21.9 Å². The quantitative estimate of drug-likeness (QED) is 0.672. The largest absolute Gasteiger partial charge is 0.301 e. The van der Waals surface area contributed by atoms with Gasteiger partial charge in [-0.1, -0.05) is 30.3 Å². The van der Waals surface area contributed by atoms with Crippen molar-refractivity contribution in [1.82, 2.24) is 9.88 Å². The molecule has 1 aromatic carbocycles. The predicted molar refractivity (Wildman–Crippen MR) is 84.2 cm³/mol. The van der Waals surface area contributed by atoms with Crippen LogP contribution < -0.4 is 0 Å². The first-order chi connectivity index (χ1) is 9.81. The smallest absolute Gasteiger partial charge is 0.123 e. The van der Waals surface area contributed by atoms with E-state index in [0.717, 1.165) is 17.9 Å². The molecule has 0 bridgehead atoms. The van der Waals surface area contributed by atoms with Crippen molar-refractivity contribution in [3.8, 4) is 0 Å². The maximum absolute atomic E-state index is 4.48. The minimum Gasteiger partial charge on any atom is -0.301 e. The first kappa shape index (κ1) is 12.1. The van der Waals surface area contributed by atoms with E-state index in [1.807, 2.05) is 23.6 Å². The van der Waals surface area contributed by atoms with E-state index in [2.05, 4.69) is 53.3 Å². The van der Waals surface area contributed by atoms with E-state index in [9.17, 15) is 0 Å². The van der Waals surface area contributed by atoms with Crippen LogP contribution >= 0.6 is 11.3 Å². The Morgan fingerprint density at radius 3 is 3.00 bits per heavy atom. The molecule has 1 aliphatic rings. The van der Waals surface area contributed by atoms with Gasteiger partial charge in [0.25, 0.3) is 0 Å². The molecular weight excluding hydrogens is 264 g/mol. The molecule has 1 aliphatic heterocycles. The van der Waals surface area contributed by atoms with Crippen molar-refractivity contribution in [3.05, 3.63) is 64.7 Å². The fraction of sp³-hybridized carbons (Fsp3) is 0.235. The number of likely N-dealkylation sites (N-methyl/N-ethyl adjacent to an activating group) is 1. The Kier molecular flexibility index (Phi) is 2.83. The summed E-state index contributed by atoms with van der Waals surface area (Å²) in [5, 5.41) is 1.26. The number of nitrogens with zero attached hydrogens (tertiary/aromatic N) is 2. The Hall–Kier alpha value is -1.71. The molecule has 20 heavy (non-hydrogen) atoms. The van der Waals surface area contributed by atoms with Crippen molar-refractivity contribution in [2.75, 3.05) is 13.6 Å². The van der Waals surface area contributed by atoms with Gasteiger partial charge >= 0.3 is 0 Å². The highest BCUT2D eigenvalue weighted by atomic mass is 32.1. The third-order valence-corrected chi connectivity index (χ3v) is 5.19. The Balaban J connectivity index is 1.85. The number of rotatable bonds is 1. The van der Waals surface area contributed by atoms with Gasteiger partial charge < -0.3 is 4.90 Å². The number of fused-ring (bicyclic) bond motifs is 2. The summed E-state index contributed by atoms with van der Waals surface area (Å²) in [7, 11) is 2.20. The zero-order chi connectivity index (χ0) is 13.5. The third-order valence-electron chi connectivity index (χ3n) is 4.02. The molecule has 0 radical (unpaired) electrons. The summed E-state index contributed by atoms with van der Waals surface area (Å²) in [5.41, 5.74) is 2.94. The predicted octanol–water partition coefficient (Wildman–Crippen LogP) is 3.87. The highest BCUT2D eigenvalue weighted by Crippen LogP contribution is 2.38. The number of hydrogen-bond donors (Lipinski definition) is 0. The molecule has 0 aliphatic carbocycles. The molecule has 0 amide bonds. The Morgan fingerprint density at radius 2 is 2.10 bits per heavy atom. The van der Waals surface area contributed by atoms with Crippen LogP contribution in [-0.4, -0.2) is 23.5 Å². The minimum absolute atomic E-state index is 0.476. The van der Waals surface area contributed by atoms with Gasteiger partial charge in [0.05, 0.1) is 0 Å². The molecule has 100 valence electrons. The molecule has 2 aromatic heterocycles. The minimum atomic E-state index is 0.476. The summed E-state index contributed by atoms with van der Waals surface area (Å²) in [6, 6.07) is 15.3. The molecule has 1 atom stereocenters. The average molecular weight is 280 g/mol. The van der Waals surface area contributed by atoms with Crippen LogP contribution in [0.3, 0.4) is 0 Å². The third kappa shape index (κ3) is 1.94. The fourth-order valence-electron chi connectivity index (χ4n) is 3.09. The van der Waals surface area contributed by atoms with Crippen molar-refractivity contribution in [1.29, 1.82) is 0 Å². The van der Waals surface area contributed by atoms with Crippen molar-refractivity contribution in [2.24, 2.45) is 0 Å². The molecule has 2 nitrogen and oxygen atoms in total.